The van der Waals surface area contributed by atoms with Crippen molar-refractivity contribution in [3.05, 3.63) is 30.1 Å². The zero-order chi connectivity index (χ0) is 13.1. The molecule has 0 aromatic heterocycles. The Bertz CT molecular complexity index is 455. The molecule has 1 fully saturated rings. The van der Waals surface area contributed by atoms with Crippen LogP contribution < -0.4 is 5.32 Å². The summed E-state index contributed by atoms with van der Waals surface area (Å²) in [6, 6.07) is 5.74. The van der Waals surface area contributed by atoms with Crippen molar-refractivity contribution in [3.8, 4) is 0 Å². The maximum Gasteiger partial charge on any atom is 0.244 e. The van der Waals surface area contributed by atoms with Crippen LogP contribution in [0.25, 0.3) is 0 Å². The lowest BCUT2D eigenvalue weighted by molar-refractivity contribution is -0.133. The van der Waals surface area contributed by atoms with Gasteiger partial charge in [0.05, 0.1) is 0 Å². The summed E-state index contributed by atoms with van der Waals surface area (Å²) in [5, 5.41) is 2.64. The Morgan fingerprint density at radius 1 is 1.33 bits per heavy atom. The molecule has 0 spiro atoms. The van der Waals surface area contributed by atoms with Crippen molar-refractivity contribution >= 4 is 17.5 Å². The zero-order valence-corrected chi connectivity index (χ0v) is 10.1. The number of carbonyl (C=O) groups excluding carboxylic acids is 2. The van der Waals surface area contributed by atoms with Crippen molar-refractivity contribution in [1.29, 1.82) is 0 Å². The van der Waals surface area contributed by atoms with E-state index in [2.05, 4.69) is 5.32 Å². The van der Waals surface area contributed by atoms with E-state index in [4.69, 9.17) is 0 Å². The Hall–Kier alpha value is -1.91. The van der Waals surface area contributed by atoms with E-state index in [1.165, 1.54) is 31.2 Å². The van der Waals surface area contributed by atoms with E-state index in [9.17, 15) is 14.0 Å². The highest BCUT2D eigenvalue weighted by Crippen LogP contribution is 2.26. The molecule has 2 amide bonds. The van der Waals surface area contributed by atoms with Gasteiger partial charge in [0.1, 0.15) is 12.4 Å². The average molecular weight is 250 g/mol. The normalized spacial score (nSPS) is 14.1. The molecule has 0 unspecified atom stereocenters. The first-order valence-corrected chi connectivity index (χ1v) is 5.89. The van der Waals surface area contributed by atoms with Crippen LogP contribution in [-0.2, 0) is 9.59 Å². The Kier molecular flexibility index (Phi) is 3.60. The van der Waals surface area contributed by atoms with Crippen LogP contribution in [0.1, 0.15) is 19.8 Å². The molecule has 0 radical (unpaired) electrons. The summed E-state index contributed by atoms with van der Waals surface area (Å²) in [6.07, 6.45) is 1.92. The van der Waals surface area contributed by atoms with Crippen LogP contribution in [-0.4, -0.2) is 29.3 Å². The number of amides is 2. The minimum Gasteiger partial charge on any atom is -0.331 e. The Morgan fingerprint density at radius 2 is 1.94 bits per heavy atom. The summed E-state index contributed by atoms with van der Waals surface area (Å²) in [5.74, 6) is -0.702. The number of nitrogens with one attached hydrogen (secondary N) is 1. The van der Waals surface area contributed by atoms with Gasteiger partial charge in [-0.2, -0.15) is 0 Å². The summed E-state index contributed by atoms with van der Waals surface area (Å²) in [5.41, 5.74) is 0.528. The fourth-order valence-corrected chi connectivity index (χ4v) is 1.77. The summed E-state index contributed by atoms with van der Waals surface area (Å²) in [7, 11) is 0. The molecule has 18 heavy (non-hydrogen) atoms. The predicted molar refractivity (Wildman–Crippen MR) is 65.4 cm³/mol. The summed E-state index contributed by atoms with van der Waals surface area (Å²) < 4.78 is 12.7. The van der Waals surface area contributed by atoms with Crippen molar-refractivity contribution in [1.82, 2.24) is 4.90 Å². The van der Waals surface area contributed by atoms with Crippen LogP contribution in [0.2, 0.25) is 0 Å². The van der Waals surface area contributed by atoms with Crippen molar-refractivity contribution in [3.63, 3.8) is 0 Å². The van der Waals surface area contributed by atoms with E-state index in [1.54, 1.807) is 4.90 Å². The minimum atomic E-state index is -0.351. The molecule has 0 atom stereocenters. The minimum absolute atomic E-state index is 0.0530. The molecule has 1 aliphatic carbocycles. The number of halogens is 1. The molecule has 1 aromatic carbocycles. The van der Waals surface area contributed by atoms with Gasteiger partial charge < -0.3 is 10.2 Å². The van der Waals surface area contributed by atoms with Gasteiger partial charge in [0.2, 0.25) is 11.8 Å². The maximum atomic E-state index is 12.7. The second-order valence-electron chi connectivity index (χ2n) is 4.43. The Balaban J connectivity index is 1.91. The van der Waals surface area contributed by atoms with E-state index in [1.807, 2.05) is 0 Å². The average Bonchev–Trinajstić information content (AvgIpc) is 3.13. The number of benzene rings is 1. The van der Waals surface area contributed by atoms with Crippen molar-refractivity contribution in [2.75, 3.05) is 11.9 Å². The lowest BCUT2D eigenvalue weighted by atomic mass is 10.3. The van der Waals surface area contributed by atoms with Gasteiger partial charge in [-0.25, -0.2) is 4.39 Å². The third-order valence-corrected chi connectivity index (χ3v) is 2.83. The first-order valence-electron chi connectivity index (χ1n) is 5.89. The molecule has 5 heteroatoms. The lowest BCUT2D eigenvalue weighted by Crippen LogP contribution is -2.38. The fraction of sp³-hybridized carbons (Fsp3) is 0.385. The van der Waals surface area contributed by atoms with E-state index in [-0.39, 0.29) is 30.2 Å². The number of hydrogen-bond donors (Lipinski definition) is 1. The van der Waals surface area contributed by atoms with Gasteiger partial charge in [0.25, 0.3) is 0 Å². The van der Waals surface area contributed by atoms with E-state index >= 15 is 0 Å². The molecular formula is C13H15FN2O2. The highest BCUT2D eigenvalue weighted by Gasteiger charge is 2.31. The second-order valence-corrected chi connectivity index (χ2v) is 4.43. The number of anilines is 1. The van der Waals surface area contributed by atoms with Crippen LogP contribution >= 0.6 is 0 Å². The lowest BCUT2D eigenvalue weighted by Gasteiger charge is -2.19. The molecule has 1 aromatic rings. The third kappa shape index (κ3) is 3.29. The first-order chi connectivity index (χ1) is 8.56. The van der Waals surface area contributed by atoms with Crippen LogP contribution in [0.3, 0.4) is 0 Å². The van der Waals surface area contributed by atoms with Gasteiger partial charge in [-0.15, -0.1) is 0 Å². The fourth-order valence-electron chi connectivity index (χ4n) is 1.77. The van der Waals surface area contributed by atoms with Gasteiger partial charge in [-0.3, -0.25) is 9.59 Å². The molecular weight excluding hydrogens is 235 g/mol. The second kappa shape index (κ2) is 5.16. The summed E-state index contributed by atoms with van der Waals surface area (Å²) >= 11 is 0. The van der Waals surface area contributed by atoms with Gasteiger partial charge in [-0.05, 0) is 37.1 Å². The molecule has 2 rings (SSSR count). The van der Waals surface area contributed by atoms with Crippen LogP contribution in [0.4, 0.5) is 10.1 Å². The van der Waals surface area contributed by atoms with Crippen molar-refractivity contribution in [2.24, 2.45) is 0 Å². The van der Waals surface area contributed by atoms with E-state index in [0.717, 1.165) is 12.8 Å². The highest BCUT2D eigenvalue weighted by molar-refractivity contribution is 5.94. The number of rotatable bonds is 4. The monoisotopic (exact) mass is 250 g/mol. The van der Waals surface area contributed by atoms with Crippen molar-refractivity contribution in [2.45, 2.75) is 25.8 Å². The van der Waals surface area contributed by atoms with Crippen molar-refractivity contribution < 1.29 is 14.0 Å². The van der Waals surface area contributed by atoms with Gasteiger partial charge in [-0.1, -0.05) is 0 Å². The van der Waals surface area contributed by atoms with Gasteiger partial charge in [0, 0.05) is 18.7 Å². The largest absolute Gasteiger partial charge is 0.331 e. The Labute approximate surface area is 105 Å². The Morgan fingerprint density at radius 3 is 2.44 bits per heavy atom. The number of nitrogens with zero attached hydrogens (tertiary/aromatic N) is 1. The van der Waals surface area contributed by atoms with Crippen LogP contribution in [0, 0.1) is 5.82 Å². The summed E-state index contributed by atoms with van der Waals surface area (Å²) in [6.45, 7) is 1.51. The molecule has 1 saturated carbocycles. The topological polar surface area (TPSA) is 49.4 Å². The zero-order valence-electron chi connectivity index (χ0n) is 10.1. The molecule has 4 nitrogen and oxygen atoms in total. The smallest absolute Gasteiger partial charge is 0.244 e. The standard InChI is InChI=1S/C13H15FN2O2/c1-9(17)16(12-6-7-12)8-13(18)15-11-4-2-10(14)3-5-11/h2-5,12H,6-8H2,1H3,(H,15,18). The third-order valence-electron chi connectivity index (χ3n) is 2.83. The number of hydrogen-bond acceptors (Lipinski definition) is 2. The van der Waals surface area contributed by atoms with Crippen LogP contribution in [0.15, 0.2) is 24.3 Å². The summed E-state index contributed by atoms with van der Waals surface area (Å²) in [4.78, 5) is 24.7. The van der Waals surface area contributed by atoms with Crippen LogP contribution in [0.5, 0.6) is 0 Å². The maximum absolute atomic E-state index is 12.7. The first kappa shape index (κ1) is 12.5. The van der Waals surface area contributed by atoms with E-state index < -0.39 is 0 Å². The molecule has 1 N–H and O–H groups in total. The quantitative estimate of drug-likeness (QED) is 0.885. The SMILES string of the molecule is CC(=O)N(CC(=O)Nc1ccc(F)cc1)C1CC1. The highest BCUT2D eigenvalue weighted by atomic mass is 19.1. The van der Waals surface area contributed by atoms with Gasteiger partial charge in [0.15, 0.2) is 0 Å². The molecule has 1 aliphatic rings. The predicted octanol–water partition coefficient (Wildman–Crippen LogP) is 1.78. The van der Waals surface area contributed by atoms with E-state index in [0.29, 0.717) is 5.69 Å². The molecule has 0 saturated heterocycles. The molecule has 0 heterocycles. The van der Waals surface area contributed by atoms with Gasteiger partial charge >= 0.3 is 0 Å². The number of carbonyl (C=O) groups is 2. The molecule has 0 aliphatic heterocycles. The molecule has 96 valence electrons. The molecule has 0 bridgehead atoms.